The maximum Gasteiger partial charge on any atom is 0.183 e. The Bertz CT molecular complexity index is 965. The van der Waals surface area contributed by atoms with Crippen molar-refractivity contribution in [3.05, 3.63) is 31.0 Å². The van der Waals surface area contributed by atoms with Gasteiger partial charge in [0.05, 0.1) is 25.2 Å². The molecule has 5 heterocycles. The molecule has 2 aliphatic heterocycles. The standard InChI is InChI=1S/C18H21FN8O/c19-14-8-20-10-21-16(14)25-3-5-26(6-4-25)17-15-18(23-11-22-17)27(12-24-15)9-13-2-1-7-28-13/h8,10-13H,1-7,9H2. The van der Waals surface area contributed by atoms with E-state index in [1.54, 1.807) is 6.33 Å². The van der Waals surface area contributed by atoms with Crippen LogP contribution in [0.1, 0.15) is 12.8 Å². The molecule has 0 N–H and O–H groups in total. The van der Waals surface area contributed by atoms with E-state index in [2.05, 4.69) is 29.8 Å². The Kier molecular flexibility index (Phi) is 4.47. The van der Waals surface area contributed by atoms with Gasteiger partial charge in [-0.05, 0) is 12.8 Å². The van der Waals surface area contributed by atoms with Gasteiger partial charge in [-0.1, -0.05) is 0 Å². The molecule has 3 aromatic heterocycles. The average Bonchev–Trinajstić information content (AvgIpc) is 3.39. The van der Waals surface area contributed by atoms with Gasteiger partial charge in [0.1, 0.15) is 12.7 Å². The van der Waals surface area contributed by atoms with Crippen molar-refractivity contribution >= 4 is 22.8 Å². The van der Waals surface area contributed by atoms with Gasteiger partial charge in [-0.3, -0.25) is 0 Å². The normalized spacial score (nSPS) is 20.2. The van der Waals surface area contributed by atoms with Crippen LogP contribution in [0, 0.1) is 5.82 Å². The number of ether oxygens (including phenoxy) is 1. The number of piperazine rings is 1. The second-order valence-corrected chi connectivity index (χ2v) is 7.07. The Hall–Kier alpha value is -2.88. The van der Waals surface area contributed by atoms with Crippen LogP contribution < -0.4 is 9.80 Å². The third-order valence-corrected chi connectivity index (χ3v) is 5.33. The van der Waals surface area contributed by atoms with Crippen LogP contribution in [-0.4, -0.2) is 68.4 Å². The molecule has 0 aliphatic carbocycles. The Morgan fingerprint density at radius 3 is 2.54 bits per heavy atom. The SMILES string of the molecule is Fc1cncnc1N1CCN(c2ncnc3c2ncn3CC2CCCO2)CC1. The molecule has 3 aromatic rings. The molecule has 0 aromatic carbocycles. The van der Waals surface area contributed by atoms with Gasteiger partial charge >= 0.3 is 0 Å². The third-order valence-electron chi connectivity index (χ3n) is 5.33. The first kappa shape index (κ1) is 17.2. The van der Waals surface area contributed by atoms with Crippen molar-refractivity contribution in [2.45, 2.75) is 25.5 Å². The zero-order valence-corrected chi connectivity index (χ0v) is 15.4. The molecule has 0 amide bonds. The molecule has 2 saturated heterocycles. The predicted octanol–water partition coefficient (Wildman–Crippen LogP) is 1.26. The molecule has 9 nitrogen and oxygen atoms in total. The monoisotopic (exact) mass is 384 g/mol. The van der Waals surface area contributed by atoms with Crippen molar-refractivity contribution in [1.82, 2.24) is 29.5 Å². The quantitative estimate of drug-likeness (QED) is 0.665. The molecule has 5 rings (SSSR count). The minimum atomic E-state index is -0.395. The zero-order valence-electron chi connectivity index (χ0n) is 15.4. The summed E-state index contributed by atoms with van der Waals surface area (Å²) in [7, 11) is 0. The van der Waals surface area contributed by atoms with Gasteiger partial charge in [0.2, 0.25) is 0 Å². The molecular formula is C18H21FN8O. The molecular weight excluding hydrogens is 363 g/mol. The van der Waals surface area contributed by atoms with Crippen LogP contribution in [0.25, 0.3) is 11.2 Å². The van der Waals surface area contributed by atoms with E-state index in [1.807, 2.05) is 15.8 Å². The maximum atomic E-state index is 13.9. The lowest BCUT2D eigenvalue weighted by molar-refractivity contribution is 0.0978. The van der Waals surface area contributed by atoms with Crippen LogP contribution in [0.4, 0.5) is 16.0 Å². The van der Waals surface area contributed by atoms with Crippen LogP contribution in [0.15, 0.2) is 25.2 Å². The summed E-state index contributed by atoms with van der Waals surface area (Å²) in [5.41, 5.74) is 1.62. The fourth-order valence-electron chi connectivity index (χ4n) is 3.91. The fourth-order valence-corrected chi connectivity index (χ4v) is 3.91. The predicted molar refractivity (Wildman–Crippen MR) is 101 cm³/mol. The summed E-state index contributed by atoms with van der Waals surface area (Å²) in [5.74, 6) is 0.774. The first-order valence-corrected chi connectivity index (χ1v) is 9.52. The van der Waals surface area contributed by atoms with E-state index in [-0.39, 0.29) is 6.10 Å². The number of nitrogens with zero attached hydrogens (tertiary/aromatic N) is 8. The van der Waals surface area contributed by atoms with Gasteiger partial charge in [-0.15, -0.1) is 0 Å². The molecule has 0 spiro atoms. The number of hydrogen-bond acceptors (Lipinski definition) is 8. The Morgan fingerprint density at radius 2 is 1.79 bits per heavy atom. The molecule has 146 valence electrons. The Balaban J connectivity index is 1.34. The summed E-state index contributed by atoms with van der Waals surface area (Å²) < 4.78 is 21.7. The number of anilines is 2. The third kappa shape index (κ3) is 3.13. The largest absolute Gasteiger partial charge is 0.376 e. The number of hydrogen-bond donors (Lipinski definition) is 0. The second kappa shape index (κ2) is 7.27. The molecule has 0 radical (unpaired) electrons. The summed E-state index contributed by atoms with van der Waals surface area (Å²) in [4.78, 5) is 25.4. The van der Waals surface area contributed by atoms with Gasteiger partial charge in [0.15, 0.2) is 28.6 Å². The average molecular weight is 384 g/mol. The molecule has 10 heteroatoms. The van der Waals surface area contributed by atoms with Crippen molar-refractivity contribution < 1.29 is 9.13 Å². The van der Waals surface area contributed by atoms with Gasteiger partial charge < -0.3 is 19.1 Å². The zero-order chi connectivity index (χ0) is 18.9. The number of fused-ring (bicyclic) bond motifs is 1. The summed E-state index contributed by atoms with van der Waals surface area (Å²) in [5, 5.41) is 0. The molecule has 0 saturated carbocycles. The topological polar surface area (TPSA) is 85.1 Å². The van der Waals surface area contributed by atoms with E-state index >= 15 is 0 Å². The minimum Gasteiger partial charge on any atom is -0.376 e. The van der Waals surface area contributed by atoms with Crippen molar-refractivity contribution in [3.8, 4) is 0 Å². The van der Waals surface area contributed by atoms with Crippen LogP contribution in [0.3, 0.4) is 0 Å². The van der Waals surface area contributed by atoms with Crippen LogP contribution in [0.5, 0.6) is 0 Å². The lowest BCUT2D eigenvalue weighted by Crippen LogP contribution is -2.47. The fraction of sp³-hybridized carbons (Fsp3) is 0.500. The lowest BCUT2D eigenvalue weighted by Gasteiger charge is -2.35. The van der Waals surface area contributed by atoms with Gasteiger partial charge in [-0.25, -0.2) is 29.3 Å². The smallest absolute Gasteiger partial charge is 0.183 e. The Morgan fingerprint density at radius 1 is 1.00 bits per heavy atom. The number of halogens is 1. The molecule has 2 fully saturated rings. The molecule has 1 unspecified atom stereocenters. The highest BCUT2D eigenvalue weighted by Crippen LogP contribution is 2.25. The highest BCUT2D eigenvalue weighted by molar-refractivity contribution is 5.83. The minimum absolute atomic E-state index is 0.224. The summed E-state index contributed by atoms with van der Waals surface area (Å²) >= 11 is 0. The van der Waals surface area contributed by atoms with E-state index < -0.39 is 5.82 Å². The maximum absolute atomic E-state index is 13.9. The Labute approximate surface area is 161 Å². The van der Waals surface area contributed by atoms with Crippen LogP contribution in [0.2, 0.25) is 0 Å². The van der Waals surface area contributed by atoms with Gasteiger partial charge in [0.25, 0.3) is 0 Å². The van der Waals surface area contributed by atoms with Crippen molar-refractivity contribution in [3.63, 3.8) is 0 Å². The summed E-state index contributed by atoms with van der Waals surface area (Å²) in [6, 6.07) is 0. The van der Waals surface area contributed by atoms with E-state index in [0.717, 1.165) is 43.0 Å². The van der Waals surface area contributed by atoms with E-state index in [9.17, 15) is 4.39 Å². The molecule has 0 bridgehead atoms. The molecule has 2 aliphatic rings. The number of rotatable bonds is 4. The highest BCUT2D eigenvalue weighted by Gasteiger charge is 2.24. The number of imidazole rings is 1. The second-order valence-electron chi connectivity index (χ2n) is 7.07. The van der Waals surface area contributed by atoms with E-state index in [0.29, 0.717) is 32.0 Å². The first-order chi connectivity index (χ1) is 13.8. The molecule has 1 atom stereocenters. The lowest BCUT2D eigenvalue weighted by atomic mass is 10.2. The van der Waals surface area contributed by atoms with Crippen LogP contribution >= 0.6 is 0 Å². The van der Waals surface area contributed by atoms with Crippen molar-refractivity contribution in [2.24, 2.45) is 0 Å². The van der Waals surface area contributed by atoms with Gasteiger partial charge in [-0.2, -0.15) is 0 Å². The van der Waals surface area contributed by atoms with E-state index in [1.165, 1.54) is 12.5 Å². The summed E-state index contributed by atoms with van der Waals surface area (Å²) in [6.07, 6.45) is 8.37. The number of aromatic nitrogens is 6. The summed E-state index contributed by atoms with van der Waals surface area (Å²) in [6.45, 7) is 4.29. The molecule has 28 heavy (non-hydrogen) atoms. The van der Waals surface area contributed by atoms with Crippen LogP contribution in [-0.2, 0) is 11.3 Å². The highest BCUT2D eigenvalue weighted by atomic mass is 19.1. The van der Waals surface area contributed by atoms with Crippen molar-refractivity contribution in [1.29, 1.82) is 0 Å². The van der Waals surface area contributed by atoms with Crippen molar-refractivity contribution in [2.75, 3.05) is 42.6 Å². The van der Waals surface area contributed by atoms with E-state index in [4.69, 9.17) is 4.74 Å². The first-order valence-electron chi connectivity index (χ1n) is 9.52. The van der Waals surface area contributed by atoms with Gasteiger partial charge in [0, 0.05) is 32.8 Å².